The highest BCUT2D eigenvalue weighted by Gasteiger charge is 2.42. The Morgan fingerprint density at radius 3 is 2.48 bits per heavy atom. The van der Waals surface area contributed by atoms with Crippen molar-refractivity contribution in [1.82, 2.24) is 10.2 Å². The van der Waals surface area contributed by atoms with E-state index in [4.69, 9.17) is 14.2 Å². The van der Waals surface area contributed by atoms with Crippen molar-refractivity contribution in [2.45, 2.75) is 38.7 Å². The fraction of sp³-hybridized carbons (Fsp3) is 0.524. The topological polar surface area (TPSA) is 56.7 Å². The minimum Gasteiger partial charge on any atom is -0.493 e. The summed E-state index contributed by atoms with van der Waals surface area (Å²) in [6.45, 7) is 6.73. The second-order valence-corrected chi connectivity index (χ2v) is 7.42. The molecule has 0 saturated carbocycles. The van der Waals surface area contributed by atoms with Crippen LogP contribution in [0.2, 0.25) is 0 Å². The van der Waals surface area contributed by atoms with Crippen LogP contribution in [-0.2, 0) is 16.8 Å². The first-order valence-corrected chi connectivity index (χ1v) is 9.51. The number of piperidine rings is 1. The summed E-state index contributed by atoms with van der Waals surface area (Å²) in [6, 6.07) is 4.22. The zero-order valence-electron chi connectivity index (χ0n) is 16.5. The SMILES string of the molecule is COc1cc2c(cc1OC)C1(CCN(c3nncc(C)c3C)CC1)OCC2. The van der Waals surface area contributed by atoms with E-state index in [1.807, 2.05) is 6.20 Å². The molecule has 0 bridgehead atoms. The number of hydrogen-bond donors (Lipinski definition) is 0. The minimum absolute atomic E-state index is 0.255. The highest BCUT2D eigenvalue weighted by molar-refractivity contribution is 5.52. The third kappa shape index (κ3) is 3.02. The largest absolute Gasteiger partial charge is 0.493 e. The molecule has 1 spiro atoms. The average Bonchev–Trinajstić information content (AvgIpc) is 2.70. The molecule has 2 aliphatic heterocycles. The van der Waals surface area contributed by atoms with Gasteiger partial charge in [0.2, 0.25) is 0 Å². The van der Waals surface area contributed by atoms with E-state index in [-0.39, 0.29) is 5.60 Å². The zero-order valence-corrected chi connectivity index (χ0v) is 16.5. The Morgan fingerprint density at radius 2 is 1.78 bits per heavy atom. The van der Waals surface area contributed by atoms with Crippen LogP contribution >= 0.6 is 0 Å². The average molecular weight is 369 g/mol. The van der Waals surface area contributed by atoms with E-state index in [1.165, 1.54) is 22.3 Å². The van der Waals surface area contributed by atoms with E-state index in [0.29, 0.717) is 0 Å². The molecule has 0 N–H and O–H groups in total. The summed E-state index contributed by atoms with van der Waals surface area (Å²) < 4.78 is 17.4. The summed E-state index contributed by atoms with van der Waals surface area (Å²) in [4.78, 5) is 2.33. The van der Waals surface area contributed by atoms with Gasteiger partial charge in [0.1, 0.15) is 0 Å². The lowest BCUT2D eigenvalue weighted by Gasteiger charge is -2.45. The van der Waals surface area contributed by atoms with Crippen LogP contribution in [0.5, 0.6) is 11.5 Å². The van der Waals surface area contributed by atoms with Gasteiger partial charge in [0.25, 0.3) is 0 Å². The van der Waals surface area contributed by atoms with Crippen LogP contribution in [-0.4, -0.2) is 44.1 Å². The van der Waals surface area contributed by atoms with Crippen LogP contribution in [0.15, 0.2) is 18.3 Å². The highest BCUT2D eigenvalue weighted by Crippen LogP contribution is 2.45. The lowest BCUT2D eigenvalue weighted by Crippen LogP contribution is -2.47. The number of nitrogens with zero attached hydrogens (tertiary/aromatic N) is 3. The van der Waals surface area contributed by atoms with Gasteiger partial charge in [-0.1, -0.05) is 0 Å². The number of hydrogen-bond acceptors (Lipinski definition) is 6. The van der Waals surface area contributed by atoms with Crippen molar-refractivity contribution in [3.8, 4) is 11.5 Å². The number of ether oxygens (including phenoxy) is 3. The van der Waals surface area contributed by atoms with Crippen LogP contribution in [0.1, 0.15) is 35.1 Å². The van der Waals surface area contributed by atoms with Gasteiger partial charge in [-0.3, -0.25) is 0 Å². The van der Waals surface area contributed by atoms with Crippen molar-refractivity contribution in [3.05, 3.63) is 40.6 Å². The monoisotopic (exact) mass is 369 g/mol. The molecule has 0 amide bonds. The number of methoxy groups -OCH3 is 2. The van der Waals surface area contributed by atoms with Gasteiger partial charge in [-0.05, 0) is 67.5 Å². The molecule has 2 aromatic rings. The lowest BCUT2D eigenvalue weighted by molar-refractivity contribution is -0.0768. The van der Waals surface area contributed by atoms with E-state index in [0.717, 1.165) is 56.3 Å². The molecule has 27 heavy (non-hydrogen) atoms. The summed E-state index contributed by atoms with van der Waals surface area (Å²) in [5, 5.41) is 8.54. The second-order valence-electron chi connectivity index (χ2n) is 7.42. The van der Waals surface area contributed by atoms with Gasteiger partial charge < -0.3 is 19.1 Å². The molecule has 1 fully saturated rings. The maximum Gasteiger partial charge on any atom is 0.161 e. The molecule has 0 unspecified atom stereocenters. The van der Waals surface area contributed by atoms with Gasteiger partial charge in [0.05, 0.1) is 32.6 Å². The number of fused-ring (bicyclic) bond motifs is 2. The maximum absolute atomic E-state index is 6.38. The molecule has 0 atom stereocenters. The summed E-state index contributed by atoms with van der Waals surface area (Å²) >= 11 is 0. The molecular formula is C21H27N3O3. The Labute approximate surface area is 160 Å². The predicted molar refractivity (Wildman–Crippen MR) is 104 cm³/mol. The maximum atomic E-state index is 6.38. The molecule has 1 aromatic carbocycles. The van der Waals surface area contributed by atoms with Crippen LogP contribution in [0, 0.1) is 13.8 Å². The first-order chi connectivity index (χ1) is 13.1. The Bertz CT molecular complexity index is 845. The molecule has 3 heterocycles. The summed E-state index contributed by atoms with van der Waals surface area (Å²) in [5.74, 6) is 2.55. The number of anilines is 1. The minimum atomic E-state index is -0.255. The molecule has 1 saturated heterocycles. The van der Waals surface area contributed by atoms with E-state index < -0.39 is 0 Å². The van der Waals surface area contributed by atoms with Crippen LogP contribution in [0.25, 0.3) is 0 Å². The quantitative estimate of drug-likeness (QED) is 0.828. The molecule has 4 rings (SSSR count). The summed E-state index contributed by atoms with van der Waals surface area (Å²) in [6.07, 6.45) is 4.57. The van der Waals surface area contributed by atoms with Crippen LogP contribution < -0.4 is 14.4 Å². The van der Waals surface area contributed by atoms with E-state index >= 15 is 0 Å². The molecule has 6 nitrogen and oxygen atoms in total. The Kier molecular flexibility index (Phi) is 4.68. The van der Waals surface area contributed by atoms with E-state index in [9.17, 15) is 0 Å². The summed E-state index contributed by atoms with van der Waals surface area (Å²) in [5.41, 5.74) is 4.68. The highest BCUT2D eigenvalue weighted by atomic mass is 16.5. The molecule has 144 valence electrons. The fourth-order valence-electron chi connectivity index (χ4n) is 4.30. The van der Waals surface area contributed by atoms with Crippen LogP contribution in [0.4, 0.5) is 5.82 Å². The Balaban J connectivity index is 1.63. The van der Waals surface area contributed by atoms with Gasteiger partial charge in [-0.2, -0.15) is 5.10 Å². The van der Waals surface area contributed by atoms with Gasteiger partial charge >= 0.3 is 0 Å². The van der Waals surface area contributed by atoms with Gasteiger partial charge in [0.15, 0.2) is 17.3 Å². The molecule has 1 aromatic heterocycles. The molecule has 2 aliphatic rings. The van der Waals surface area contributed by atoms with Gasteiger partial charge in [-0.15, -0.1) is 5.10 Å². The first kappa shape index (κ1) is 18.0. The van der Waals surface area contributed by atoms with Crippen molar-refractivity contribution in [1.29, 1.82) is 0 Å². The van der Waals surface area contributed by atoms with Crippen molar-refractivity contribution in [2.75, 3.05) is 38.8 Å². The third-order valence-electron chi connectivity index (χ3n) is 6.05. The lowest BCUT2D eigenvalue weighted by atomic mass is 9.79. The third-order valence-corrected chi connectivity index (χ3v) is 6.05. The smallest absolute Gasteiger partial charge is 0.161 e. The number of aromatic nitrogens is 2. The molecule has 6 heteroatoms. The zero-order chi connectivity index (χ0) is 19.0. The van der Waals surface area contributed by atoms with Crippen LogP contribution in [0.3, 0.4) is 0 Å². The van der Waals surface area contributed by atoms with Gasteiger partial charge in [0, 0.05) is 13.1 Å². The van der Waals surface area contributed by atoms with E-state index in [2.05, 4.69) is 41.1 Å². The summed E-state index contributed by atoms with van der Waals surface area (Å²) in [7, 11) is 3.37. The Morgan fingerprint density at radius 1 is 1.07 bits per heavy atom. The van der Waals surface area contributed by atoms with Crippen molar-refractivity contribution >= 4 is 5.82 Å². The van der Waals surface area contributed by atoms with E-state index in [1.54, 1.807) is 14.2 Å². The molecule has 0 aliphatic carbocycles. The number of aryl methyl sites for hydroxylation is 1. The predicted octanol–water partition coefficient (Wildman–Crippen LogP) is 3.18. The fourth-order valence-corrected chi connectivity index (χ4v) is 4.30. The number of benzene rings is 1. The molecule has 0 radical (unpaired) electrons. The first-order valence-electron chi connectivity index (χ1n) is 9.51. The second kappa shape index (κ2) is 7.00. The normalized spacial score (nSPS) is 18.3. The Hall–Kier alpha value is -2.34. The van der Waals surface area contributed by atoms with Gasteiger partial charge in [-0.25, -0.2) is 0 Å². The molecular weight excluding hydrogens is 342 g/mol. The van der Waals surface area contributed by atoms with Crippen molar-refractivity contribution < 1.29 is 14.2 Å². The standard InChI is InChI=1S/C21H27N3O3/c1-14-13-22-23-20(15(14)2)24-8-6-21(7-9-24)17-12-19(26-4)18(25-3)11-16(17)5-10-27-21/h11-13H,5-10H2,1-4H3. The van der Waals surface area contributed by atoms with Crippen molar-refractivity contribution in [2.24, 2.45) is 0 Å². The number of rotatable bonds is 3. The van der Waals surface area contributed by atoms with Crippen molar-refractivity contribution in [3.63, 3.8) is 0 Å².